The molecule has 1 aromatic rings. The quantitative estimate of drug-likeness (QED) is 0.804. The van der Waals surface area contributed by atoms with Gasteiger partial charge in [-0.2, -0.15) is 0 Å². The summed E-state index contributed by atoms with van der Waals surface area (Å²) in [4.78, 5) is 0. The molecule has 0 radical (unpaired) electrons. The number of benzene rings is 1. The smallest absolute Gasteiger partial charge is 0.146 e. The Bertz CT molecular complexity index is 353. The first kappa shape index (κ1) is 12.6. The minimum absolute atomic E-state index is 0.0443. The van der Waals surface area contributed by atoms with Crippen molar-refractivity contribution in [2.45, 2.75) is 19.4 Å². The number of methoxy groups -OCH3 is 2. The SMILES string of the molecule is CCC(N)c1cc(OC)cc(NC)c1OC. The first-order valence-electron chi connectivity index (χ1n) is 5.37. The second-order valence-corrected chi connectivity index (χ2v) is 3.56. The lowest BCUT2D eigenvalue weighted by Crippen LogP contribution is -2.11. The highest BCUT2D eigenvalue weighted by Gasteiger charge is 2.15. The predicted octanol–water partition coefficient (Wildman–Crippen LogP) is 2.16. The molecule has 0 saturated heterocycles. The predicted molar refractivity (Wildman–Crippen MR) is 66.3 cm³/mol. The zero-order valence-electron chi connectivity index (χ0n) is 10.3. The molecule has 3 N–H and O–H groups in total. The minimum atomic E-state index is -0.0443. The van der Waals surface area contributed by atoms with Crippen LogP contribution >= 0.6 is 0 Å². The molecule has 0 aliphatic carbocycles. The lowest BCUT2D eigenvalue weighted by Gasteiger charge is -2.18. The molecule has 90 valence electrons. The van der Waals surface area contributed by atoms with Gasteiger partial charge in [0.1, 0.15) is 11.5 Å². The fraction of sp³-hybridized carbons (Fsp3) is 0.500. The maximum absolute atomic E-state index is 6.05. The van der Waals surface area contributed by atoms with Gasteiger partial charge in [-0.15, -0.1) is 0 Å². The number of hydrogen-bond acceptors (Lipinski definition) is 4. The molecule has 0 heterocycles. The van der Waals surface area contributed by atoms with Gasteiger partial charge in [0, 0.05) is 24.7 Å². The largest absolute Gasteiger partial charge is 0.497 e. The van der Waals surface area contributed by atoms with E-state index < -0.39 is 0 Å². The van der Waals surface area contributed by atoms with Gasteiger partial charge < -0.3 is 20.5 Å². The van der Waals surface area contributed by atoms with Crippen LogP contribution in [-0.2, 0) is 0 Å². The Morgan fingerprint density at radius 1 is 1.31 bits per heavy atom. The van der Waals surface area contributed by atoms with Gasteiger partial charge in [0.2, 0.25) is 0 Å². The van der Waals surface area contributed by atoms with Crippen LogP contribution < -0.4 is 20.5 Å². The number of hydrogen-bond donors (Lipinski definition) is 2. The number of anilines is 1. The van der Waals surface area contributed by atoms with E-state index in [9.17, 15) is 0 Å². The molecule has 0 aliphatic rings. The van der Waals surface area contributed by atoms with Crippen molar-refractivity contribution < 1.29 is 9.47 Å². The van der Waals surface area contributed by atoms with Crippen LogP contribution in [0.4, 0.5) is 5.69 Å². The molecule has 0 aromatic heterocycles. The molecule has 0 spiro atoms. The standard InChI is InChI=1S/C12H20N2O2/c1-5-10(13)9-6-8(15-3)7-11(14-2)12(9)16-4/h6-7,10,14H,5,13H2,1-4H3. The highest BCUT2D eigenvalue weighted by Crippen LogP contribution is 2.37. The van der Waals surface area contributed by atoms with Gasteiger partial charge in [0.15, 0.2) is 0 Å². The third-order valence-corrected chi connectivity index (χ3v) is 2.64. The van der Waals surface area contributed by atoms with Crippen LogP contribution in [0.5, 0.6) is 11.5 Å². The van der Waals surface area contributed by atoms with Gasteiger partial charge in [0.25, 0.3) is 0 Å². The monoisotopic (exact) mass is 224 g/mol. The van der Waals surface area contributed by atoms with Crippen molar-refractivity contribution in [2.24, 2.45) is 5.73 Å². The van der Waals surface area contributed by atoms with Crippen LogP contribution in [0.2, 0.25) is 0 Å². The summed E-state index contributed by atoms with van der Waals surface area (Å²) >= 11 is 0. The summed E-state index contributed by atoms with van der Waals surface area (Å²) in [6.45, 7) is 2.04. The molecule has 1 aromatic carbocycles. The molecular weight excluding hydrogens is 204 g/mol. The molecule has 0 bridgehead atoms. The summed E-state index contributed by atoms with van der Waals surface area (Å²) in [5.74, 6) is 1.57. The highest BCUT2D eigenvalue weighted by atomic mass is 16.5. The molecule has 0 fully saturated rings. The molecule has 4 nitrogen and oxygen atoms in total. The van der Waals surface area contributed by atoms with Crippen LogP contribution in [0, 0.1) is 0 Å². The molecule has 1 atom stereocenters. The van der Waals surface area contributed by atoms with Crippen LogP contribution in [0.15, 0.2) is 12.1 Å². The van der Waals surface area contributed by atoms with E-state index in [0.29, 0.717) is 0 Å². The Hall–Kier alpha value is -1.42. The maximum atomic E-state index is 6.05. The first-order valence-corrected chi connectivity index (χ1v) is 5.37. The average Bonchev–Trinajstić information content (AvgIpc) is 2.35. The Morgan fingerprint density at radius 2 is 2.00 bits per heavy atom. The van der Waals surface area contributed by atoms with E-state index in [1.54, 1.807) is 14.2 Å². The summed E-state index contributed by atoms with van der Waals surface area (Å²) in [5.41, 5.74) is 7.91. The molecule has 0 aliphatic heterocycles. The summed E-state index contributed by atoms with van der Waals surface area (Å²) < 4.78 is 10.6. The fourth-order valence-corrected chi connectivity index (χ4v) is 1.65. The number of rotatable bonds is 5. The fourth-order valence-electron chi connectivity index (χ4n) is 1.65. The van der Waals surface area contributed by atoms with Crippen molar-refractivity contribution in [3.8, 4) is 11.5 Å². The van der Waals surface area contributed by atoms with Crippen molar-refractivity contribution in [1.29, 1.82) is 0 Å². The third-order valence-electron chi connectivity index (χ3n) is 2.64. The Balaban J connectivity index is 3.30. The van der Waals surface area contributed by atoms with E-state index >= 15 is 0 Å². The Morgan fingerprint density at radius 3 is 2.44 bits per heavy atom. The molecule has 16 heavy (non-hydrogen) atoms. The lowest BCUT2D eigenvalue weighted by atomic mass is 10.0. The van der Waals surface area contributed by atoms with E-state index in [1.165, 1.54) is 0 Å². The number of nitrogens with one attached hydrogen (secondary N) is 1. The maximum Gasteiger partial charge on any atom is 0.146 e. The average molecular weight is 224 g/mol. The Labute approximate surface area is 96.7 Å². The van der Waals surface area contributed by atoms with E-state index in [4.69, 9.17) is 15.2 Å². The van der Waals surface area contributed by atoms with Crippen molar-refractivity contribution in [1.82, 2.24) is 0 Å². The van der Waals surface area contributed by atoms with Crippen molar-refractivity contribution in [3.05, 3.63) is 17.7 Å². The van der Waals surface area contributed by atoms with Crippen LogP contribution in [0.25, 0.3) is 0 Å². The van der Waals surface area contributed by atoms with Crippen molar-refractivity contribution >= 4 is 5.69 Å². The molecule has 0 saturated carbocycles. The van der Waals surface area contributed by atoms with E-state index in [2.05, 4.69) is 5.32 Å². The minimum Gasteiger partial charge on any atom is -0.497 e. The molecule has 1 unspecified atom stereocenters. The van der Waals surface area contributed by atoms with Gasteiger partial charge in [-0.25, -0.2) is 0 Å². The van der Waals surface area contributed by atoms with E-state index in [1.807, 2.05) is 26.1 Å². The lowest BCUT2D eigenvalue weighted by molar-refractivity contribution is 0.396. The number of ether oxygens (including phenoxy) is 2. The zero-order valence-corrected chi connectivity index (χ0v) is 10.3. The van der Waals surface area contributed by atoms with Crippen LogP contribution in [0.3, 0.4) is 0 Å². The van der Waals surface area contributed by atoms with Crippen molar-refractivity contribution in [3.63, 3.8) is 0 Å². The summed E-state index contributed by atoms with van der Waals surface area (Å²) in [5, 5.41) is 3.08. The van der Waals surface area contributed by atoms with Crippen LogP contribution in [0.1, 0.15) is 24.9 Å². The topological polar surface area (TPSA) is 56.5 Å². The first-order chi connectivity index (χ1) is 7.67. The molecule has 0 amide bonds. The van der Waals surface area contributed by atoms with E-state index in [-0.39, 0.29) is 6.04 Å². The van der Waals surface area contributed by atoms with E-state index in [0.717, 1.165) is 29.2 Å². The summed E-state index contributed by atoms with van der Waals surface area (Å²) in [7, 11) is 5.13. The second-order valence-electron chi connectivity index (χ2n) is 3.56. The van der Waals surface area contributed by atoms with Crippen molar-refractivity contribution in [2.75, 3.05) is 26.6 Å². The second kappa shape index (κ2) is 5.61. The summed E-state index contributed by atoms with van der Waals surface area (Å²) in [6.07, 6.45) is 0.854. The third kappa shape index (κ3) is 2.39. The van der Waals surface area contributed by atoms with Crippen LogP contribution in [-0.4, -0.2) is 21.3 Å². The molecular formula is C12H20N2O2. The van der Waals surface area contributed by atoms with Gasteiger partial charge in [0.05, 0.1) is 19.9 Å². The number of nitrogens with two attached hydrogens (primary N) is 1. The van der Waals surface area contributed by atoms with Gasteiger partial charge in [-0.3, -0.25) is 0 Å². The van der Waals surface area contributed by atoms with Gasteiger partial charge in [-0.05, 0) is 12.5 Å². The Kier molecular flexibility index (Phi) is 4.43. The molecule has 1 rings (SSSR count). The normalized spacial score (nSPS) is 12.1. The highest BCUT2D eigenvalue weighted by molar-refractivity contribution is 5.64. The molecule has 4 heteroatoms. The van der Waals surface area contributed by atoms with Gasteiger partial charge in [-0.1, -0.05) is 6.92 Å². The summed E-state index contributed by atoms with van der Waals surface area (Å²) in [6, 6.07) is 3.77. The zero-order chi connectivity index (χ0) is 12.1. The van der Waals surface area contributed by atoms with Gasteiger partial charge >= 0.3 is 0 Å².